The first-order valence-corrected chi connectivity index (χ1v) is 17.9. The molecule has 3 aliphatic rings. The molecule has 0 atom stereocenters. The number of carbonyl (C=O) groups is 3. The third-order valence-electron chi connectivity index (χ3n) is 9.43. The van der Waals surface area contributed by atoms with E-state index in [4.69, 9.17) is 0 Å². The quantitative estimate of drug-likeness (QED) is 0.196. The maximum Gasteiger partial charge on any atom is 0.253 e. The predicted molar refractivity (Wildman–Crippen MR) is 188 cm³/mol. The molecule has 10 nitrogen and oxygen atoms in total. The number of nitrogens with zero attached hydrogens (tertiary/aromatic N) is 3. The number of piperazine rings is 1. The Bertz CT molecular complexity index is 1440. The molecule has 0 spiro atoms. The molecule has 1 aromatic carbocycles. The van der Waals surface area contributed by atoms with Crippen molar-refractivity contribution in [1.29, 1.82) is 0 Å². The van der Waals surface area contributed by atoms with E-state index in [0.717, 1.165) is 75.9 Å². The Morgan fingerprint density at radius 1 is 0.936 bits per heavy atom. The number of phenolic OH excluding ortho intramolecular Hbond substituents is 1. The number of thiol groups is 1. The maximum atomic E-state index is 12.9. The molecule has 260 valence electrons. The van der Waals surface area contributed by atoms with Crippen molar-refractivity contribution in [3.8, 4) is 5.75 Å². The molecular formula is C36H55N5O5S. The molecule has 0 radical (unpaired) electrons. The number of carbonyl (C=O) groups excluding carboxylic acids is 3. The molecule has 4 N–H and O–H groups in total. The van der Waals surface area contributed by atoms with Crippen molar-refractivity contribution in [2.45, 2.75) is 90.0 Å². The van der Waals surface area contributed by atoms with Gasteiger partial charge in [-0.1, -0.05) is 20.8 Å². The van der Waals surface area contributed by atoms with Crippen LogP contribution in [0.2, 0.25) is 0 Å². The SMILES string of the molecule is CC(C)(C)Cc1c([SH+]C(C)(C)C)[nH]c2c(CN3CCN(CCNC(=O)C4CCC(CN5C(=O)C=CC5=O)CC4)CC3)c(O)ccc12.[OH-]. The minimum absolute atomic E-state index is 0. The lowest BCUT2D eigenvalue weighted by Crippen LogP contribution is -2.48. The topological polar surface area (TPSA) is 139 Å². The predicted octanol–water partition coefficient (Wildman–Crippen LogP) is 4.22. The summed E-state index contributed by atoms with van der Waals surface area (Å²) in [5.74, 6) is 0.303. The number of fused-ring (bicyclic) bond motifs is 1. The Labute approximate surface area is 284 Å². The van der Waals surface area contributed by atoms with Gasteiger partial charge < -0.3 is 20.9 Å². The second-order valence-electron chi connectivity index (χ2n) is 15.7. The van der Waals surface area contributed by atoms with Gasteiger partial charge in [-0.25, -0.2) is 0 Å². The summed E-state index contributed by atoms with van der Waals surface area (Å²) in [6, 6.07) is 3.95. The molecule has 0 unspecified atom stereocenters. The summed E-state index contributed by atoms with van der Waals surface area (Å²) in [6.07, 6.45) is 6.97. The van der Waals surface area contributed by atoms with Crippen LogP contribution in [0.1, 0.15) is 78.4 Å². The fourth-order valence-corrected chi connectivity index (χ4v) is 8.18. The standard InChI is InChI=1S/C36H53N5O4S.H2O/c1-35(2,3)21-27-26-11-12-29(42)28(32(26)38-34(27)46-36(4,5)6)23-40-19-17-39(18-20-40)16-15-37-33(45)25-9-7-24(8-10-25)22-41-30(43)13-14-31(41)44;/h11-14,24-25,38,42H,7-10,15-23H2,1-6H3,(H,37,45);1H2. The second kappa shape index (κ2) is 15.1. The van der Waals surface area contributed by atoms with Crippen molar-refractivity contribution in [2.24, 2.45) is 17.3 Å². The van der Waals surface area contributed by atoms with Crippen LogP contribution in [0.3, 0.4) is 0 Å². The lowest BCUT2D eigenvalue weighted by atomic mass is 9.81. The molecule has 1 aromatic heterocycles. The fraction of sp³-hybridized carbons (Fsp3) is 0.639. The highest BCUT2D eigenvalue weighted by Gasteiger charge is 2.32. The largest absolute Gasteiger partial charge is 0.870 e. The molecule has 0 bridgehead atoms. The Morgan fingerprint density at radius 2 is 1.55 bits per heavy atom. The molecule has 2 aliphatic heterocycles. The zero-order chi connectivity index (χ0) is 33.2. The molecule has 2 aromatic rings. The number of rotatable bonds is 10. The van der Waals surface area contributed by atoms with E-state index in [2.05, 4.69) is 67.7 Å². The van der Waals surface area contributed by atoms with E-state index in [1.165, 1.54) is 44.8 Å². The first-order valence-electron chi connectivity index (χ1n) is 17.0. The summed E-state index contributed by atoms with van der Waals surface area (Å²) < 4.78 is 0.127. The highest BCUT2D eigenvalue weighted by molar-refractivity contribution is 7.80. The van der Waals surface area contributed by atoms with Crippen molar-refractivity contribution in [3.05, 3.63) is 35.4 Å². The Morgan fingerprint density at radius 3 is 2.15 bits per heavy atom. The number of imide groups is 1. The lowest BCUT2D eigenvalue weighted by molar-refractivity contribution is -0.138. The number of benzene rings is 1. The maximum absolute atomic E-state index is 12.9. The van der Waals surface area contributed by atoms with Crippen molar-refractivity contribution < 1.29 is 25.0 Å². The molecule has 11 heteroatoms. The lowest BCUT2D eigenvalue weighted by Gasteiger charge is -2.35. The Hall–Kier alpha value is -2.86. The molecule has 1 saturated carbocycles. The van der Waals surface area contributed by atoms with Crippen LogP contribution < -0.4 is 5.32 Å². The number of H-pyrrole nitrogens is 1. The average molecular weight is 670 g/mol. The molecule has 1 aliphatic carbocycles. The van der Waals surface area contributed by atoms with Crippen LogP contribution in [0.25, 0.3) is 10.9 Å². The van der Waals surface area contributed by atoms with Gasteiger partial charge in [0.15, 0.2) is 0 Å². The highest BCUT2D eigenvalue weighted by atomic mass is 32.2. The van der Waals surface area contributed by atoms with Gasteiger partial charge >= 0.3 is 0 Å². The number of hydrogen-bond acceptors (Lipinski definition) is 7. The van der Waals surface area contributed by atoms with Crippen LogP contribution in [0.15, 0.2) is 29.3 Å². The van der Waals surface area contributed by atoms with E-state index in [-0.39, 0.29) is 45.2 Å². The van der Waals surface area contributed by atoms with Gasteiger partial charge in [0.2, 0.25) is 10.9 Å². The minimum atomic E-state index is -0.225. The summed E-state index contributed by atoms with van der Waals surface area (Å²) in [5, 5.41) is 16.6. The third-order valence-corrected chi connectivity index (χ3v) is 10.7. The average Bonchev–Trinajstić information content (AvgIpc) is 3.47. The summed E-state index contributed by atoms with van der Waals surface area (Å²) in [5.41, 5.74) is 3.57. The first kappa shape index (κ1) is 37.0. The molecule has 3 heterocycles. The van der Waals surface area contributed by atoms with E-state index in [1.807, 2.05) is 6.07 Å². The van der Waals surface area contributed by atoms with Crippen LogP contribution in [-0.4, -0.2) is 98.5 Å². The zero-order valence-corrected chi connectivity index (χ0v) is 30.0. The summed E-state index contributed by atoms with van der Waals surface area (Å²) in [6.45, 7) is 19.9. The van der Waals surface area contributed by atoms with Gasteiger partial charge in [0.05, 0.1) is 5.52 Å². The number of phenols is 1. The number of aromatic amines is 1. The van der Waals surface area contributed by atoms with E-state index in [9.17, 15) is 19.5 Å². The van der Waals surface area contributed by atoms with Crippen LogP contribution in [0.5, 0.6) is 5.75 Å². The molecule has 1 saturated heterocycles. The molecule has 5 rings (SSSR count). The number of hydrogen-bond donors (Lipinski definition) is 3. The van der Waals surface area contributed by atoms with Crippen molar-refractivity contribution in [1.82, 2.24) is 25.0 Å². The second-order valence-corrected chi connectivity index (χ2v) is 17.7. The monoisotopic (exact) mass is 669 g/mol. The number of nitrogens with one attached hydrogen (secondary N) is 2. The van der Waals surface area contributed by atoms with Gasteiger partial charge in [0, 0.05) is 98.7 Å². The summed E-state index contributed by atoms with van der Waals surface area (Å²) in [7, 11) is 0. The van der Waals surface area contributed by atoms with Gasteiger partial charge in [-0.2, -0.15) is 0 Å². The normalized spacial score (nSPS) is 21.4. The van der Waals surface area contributed by atoms with Crippen LogP contribution in [0.4, 0.5) is 0 Å². The van der Waals surface area contributed by atoms with E-state index in [1.54, 1.807) is 0 Å². The minimum Gasteiger partial charge on any atom is -0.870 e. The third kappa shape index (κ3) is 9.62. The summed E-state index contributed by atoms with van der Waals surface area (Å²) >= 11 is 1.26. The van der Waals surface area contributed by atoms with Gasteiger partial charge in [-0.3, -0.25) is 29.1 Å². The van der Waals surface area contributed by atoms with Gasteiger partial charge in [-0.05, 0) is 76.3 Å². The van der Waals surface area contributed by atoms with E-state index in [0.29, 0.717) is 25.4 Å². The van der Waals surface area contributed by atoms with Crippen LogP contribution in [0, 0.1) is 17.3 Å². The molecular weight excluding hydrogens is 614 g/mol. The Kier molecular flexibility index (Phi) is 11.9. The Balaban J connectivity index is 0.00000500. The van der Waals surface area contributed by atoms with Crippen LogP contribution >= 0.6 is 0 Å². The highest BCUT2D eigenvalue weighted by Crippen LogP contribution is 2.37. The van der Waals surface area contributed by atoms with Crippen molar-refractivity contribution in [2.75, 3.05) is 45.8 Å². The van der Waals surface area contributed by atoms with Gasteiger partial charge in [-0.15, -0.1) is 0 Å². The van der Waals surface area contributed by atoms with Crippen LogP contribution in [-0.2, 0) is 39.1 Å². The van der Waals surface area contributed by atoms with E-state index >= 15 is 0 Å². The number of aromatic nitrogens is 1. The van der Waals surface area contributed by atoms with Gasteiger partial charge in [0.25, 0.3) is 11.8 Å². The number of amides is 3. The van der Waals surface area contributed by atoms with Gasteiger partial charge in [0.1, 0.15) is 10.5 Å². The molecule has 3 amide bonds. The van der Waals surface area contributed by atoms with E-state index < -0.39 is 0 Å². The van der Waals surface area contributed by atoms with Crippen molar-refractivity contribution >= 4 is 40.4 Å². The summed E-state index contributed by atoms with van der Waals surface area (Å²) in [4.78, 5) is 46.5. The smallest absolute Gasteiger partial charge is 0.253 e. The fourth-order valence-electron chi connectivity index (χ4n) is 7.01. The zero-order valence-electron chi connectivity index (χ0n) is 29.1. The number of aromatic hydroxyl groups is 1. The van der Waals surface area contributed by atoms with Crippen molar-refractivity contribution in [3.63, 3.8) is 0 Å². The first-order chi connectivity index (χ1) is 21.7. The molecule has 47 heavy (non-hydrogen) atoms. The molecule has 2 fully saturated rings.